The zero-order valence-corrected chi connectivity index (χ0v) is 8.89. The first-order chi connectivity index (χ1) is 7.00. The van der Waals surface area contributed by atoms with Gasteiger partial charge in [0.25, 0.3) is 0 Å². The Morgan fingerprint density at radius 1 is 1.27 bits per heavy atom. The van der Waals surface area contributed by atoms with Crippen LogP contribution < -0.4 is 10.5 Å². The van der Waals surface area contributed by atoms with Crippen molar-refractivity contribution in [1.82, 2.24) is 0 Å². The van der Waals surface area contributed by atoms with Crippen molar-refractivity contribution in [2.45, 2.75) is 20.3 Å². The summed E-state index contributed by atoms with van der Waals surface area (Å²) >= 11 is 0. The molecule has 84 valence electrons. The van der Waals surface area contributed by atoms with Gasteiger partial charge in [-0.3, -0.25) is 0 Å². The molecule has 1 aromatic rings. The monoisotopic (exact) mass is 215 g/mol. The predicted molar refractivity (Wildman–Crippen MR) is 55.7 cm³/mol. The van der Waals surface area contributed by atoms with E-state index in [0.29, 0.717) is 12.5 Å². The van der Waals surface area contributed by atoms with Crippen LogP contribution in [0.4, 0.5) is 14.5 Å². The van der Waals surface area contributed by atoms with Crippen LogP contribution in [0.1, 0.15) is 20.3 Å². The van der Waals surface area contributed by atoms with Crippen molar-refractivity contribution in [2.75, 3.05) is 12.3 Å². The molecule has 0 saturated heterocycles. The molecular weight excluding hydrogens is 200 g/mol. The van der Waals surface area contributed by atoms with Crippen molar-refractivity contribution in [3.63, 3.8) is 0 Å². The smallest absolute Gasteiger partial charge is 0.167 e. The summed E-state index contributed by atoms with van der Waals surface area (Å²) in [5, 5.41) is 0. The van der Waals surface area contributed by atoms with E-state index in [-0.39, 0.29) is 11.4 Å². The van der Waals surface area contributed by atoms with Gasteiger partial charge in [0, 0.05) is 12.1 Å². The Hall–Kier alpha value is -1.32. The molecule has 2 nitrogen and oxygen atoms in total. The third-order valence-electron chi connectivity index (χ3n) is 2.00. The second-order valence-corrected chi connectivity index (χ2v) is 3.84. The highest BCUT2D eigenvalue weighted by molar-refractivity contribution is 5.44. The van der Waals surface area contributed by atoms with Crippen LogP contribution in [-0.2, 0) is 0 Å². The van der Waals surface area contributed by atoms with E-state index < -0.39 is 11.6 Å². The molecule has 0 aliphatic heterocycles. The molecule has 0 radical (unpaired) electrons. The van der Waals surface area contributed by atoms with Gasteiger partial charge in [-0.2, -0.15) is 0 Å². The fourth-order valence-electron chi connectivity index (χ4n) is 1.06. The maximum atomic E-state index is 13.2. The van der Waals surface area contributed by atoms with Gasteiger partial charge in [0.15, 0.2) is 11.6 Å². The SMILES string of the molecule is CC(C)CCOc1cc(F)c(N)cc1F. The third-order valence-corrected chi connectivity index (χ3v) is 2.00. The number of halogens is 2. The molecule has 0 aliphatic rings. The Balaban J connectivity index is 2.65. The van der Waals surface area contributed by atoms with Gasteiger partial charge in [-0.05, 0) is 12.3 Å². The molecule has 15 heavy (non-hydrogen) atoms. The number of ether oxygens (including phenoxy) is 1. The van der Waals surface area contributed by atoms with Gasteiger partial charge >= 0.3 is 0 Å². The average molecular weight is 215 g/mol. The summed E-state index contributed by atoms with van der Waals surface area (Å²) in [5.41, 5.74) is 4.99. The van der Waals surface area contributed by atoms with Crippen molar-refractivity contribution in [1.29, 1.82) is 0 Å². The van der Waals surface area contributed by atoms with Crippen molar-refractivity contribution < 1.29 is 13.5 Å². The second-order valence-electron chi connectivity index (χ2n) is 3.84. The maximum absolute atomic E-state index is 13.2. The van der Waals surface area contributed by atoms with E-state index in [4.69, 9.17) is 10.5 Å². The number of hydrogen-bond acceptors (Lipinski definition) is 2. The van der Waals surface area contributed by atoms with Gasteiger partial charge in [-0.15, -0.1) is 0 Å². The first kappa shape index (κ1) is 11.8. The van der Waals surface area contributed by atoms with E-state index in [1.54, 1.807) is 0 Å². The fraction of sp³-hybridized carbons (Fsp3) is 0.455. The molecule has 0 aliphatic carbocycles. The van der Waals surface area contributed by atoms with Crippen LogP contribution in [-0.4, -0.2) is 6.61 Å². The van der Waals surface area contributed by atoms with Crippen molar-refractivity contribution >= 4 is 5.69 Å². The number of rotatable bonds is 4. The van der Waals surface area contributed by atoms with Gasteiger partial charge in [0.2, 0.25) is 0 Å². The highest BCUT2D eigenvalue weighted by atomic mass is 19.1. The zero-order valence-electron chi connectivity index (χ0n) is 8.89. The topological polar surface area (TPSA) is 35.2 Å². The summed E-state index contributed by atoms with van der Waals surface area (Å²) < 4.78 is 31.3. The maximum Gasteiger partial charge on any atom is 0.167 e. The normalized spacial score (nSPS) is 10.7. The average Bonchev–Trinajstić information content (AvgIpc) is 2.13. The molecule has 4 heteroatoms. The molecular formula is C11H15F2NO. The molecule has 0 heterocycles. The van der Waals surface area contributed by atoms with Crippen LogP contribution in [0.2, 0.25) is 0 Å². The first-order valence-electron chi connectivity index (χ1n) is 4.88. The number of hydrogen-bond donors (Lipinski definition) is 1. The van der Waals surface area contributed by atoms with E-state index in [1.165, 1.54) is 0 Å². The van der Waals surface area contributed by atoms with Crippen LogP contribution in [0, 0.1) is 17.6 Å². The van der Waals surface area contributed by atoms with E-state index >= 15 is 0 Å². The summed E-state index contributed by atoms with van der Waals surface area (Å²) in [6, 6.07) is 1.91. The Labute approximate surface area is 88.0 Å². The molecule has 0 atom stereocenters. The summed E-state index contributed by atoms with van der Waals surface area (Å²) in [5.74, 6) is -0.900. The second kappa shape index (κ2) is 4.96. The lowest BCUT2D eigenvalue weighted by Gasteiger charge is -2.09. The largest absolute Gasteiger partial charge is 0.490 e. The van der Waals surface area contributed by atoms with Crippen LogP contribution in [0.5, 0.6) is 5.75 Å². The molecule has 0 unspecified atom stereocenters. The molecule has 0 aromatic heterocycles. The minimum atomic E-state index is -0.657. The van der Waals surface area contributed by atoms with Crippen LogP contribution >= 0.6 is 0 Å². The highest BCUT2D eigenvalue weighted by Crippen LogP contribution is 2.23. The van der Waals surface area contributed by atoms with Crippen molar-refractivity contribution in [3.8, 4) is 5.75 Å². The quantitative estimate of drug-likeness (QED) is 0.783. The lowest BCUT2D eigenvalue weighted by Crippen LogP contribution is -2.04. The Kier molecular flexibility index (Phi) is 3.88. The summed E-state index contributed by atoms with van der Waals surface area (Å²) in [4.78, 5) is 0. The third kappa shape index (κ3) is 3.38. The molecule has 0 spiro atoms. The zero-order chi connectivity index (χ0) is 11.4. The lowest BCUT2D eigenvalue weighted by atomic mass is 10.1. The minimum absolute atomic E-state index is 0.0812. The summed E-state index contributed by atoms with van der Waals surface area (Å²) in [7, 11) is 0. The predicted octanol–water partition coefficient (Wildman–Crippen LogP) is 2.97. The number of nitrogen functional groups attached to an aromatic ring is 1. The molecule has 0 amide bonds. The van der Waals surface area contributed by atoms with Gasteiger partial charge in [0.1, 0.15) is 5.82 Å². The molecule has 1 rings (SSSR count). The lowest BCUT2D eigenvalue weighted by molar-refractivity contribution is 0.275. The van der Waals surface area contributed by atoms with E-state index in [9.17, 15) is 8.78 Å². The Bertz CT molecular complexity index is 340. The van der Waals surface area contributed by atoms with E-state index in [2.05, 4.69) is 0 Å². The van der Waals surface area contributed by atoms with E-state index in [0.717, 1.165) is 18.6 Å². The Morgan fingerprint density at radius 3 is 2.53 bits per heavy atom. The molecule has 0 saturated carbocycles. The van der Waals surface area contributed by atoms with Crippen LogP contribution in [0.25, 0.3) is 0 Å². The van der Waals surface area contributed by atoms with E-state index in [1.807, 2.05) is 13.8 Å². The number of anilines is 1. The number of benzene rings is 1. The minimum Gasteiger partial charge on any atom is -0.490 e. The number of nitrogens with two attached hydrogens (primary N) is 1. The molecule has 0 fully saturated rings. The summed E-state index contributed by atoms with van der Waals surface area (Å²) in [6.07, 6.45) is 0.797. The van der Waals surface area contributed by atoms with Crippen LogP contribution in [0.3, 0.4) is 0 Å². The molecule has 1 aromatic carbocycles. The van der Waals surface area contributed by atoms with Crippen molar-refractivity contribution in [3.05, 3.63) is 23.8 Å². The standard InChI is InChI=1S/C11H15F2NO/c1-7(2)3-4-15-11-6-8(12)10(14)5-9(11)13/h5-7H,3-4,14H2,1-2H3. The van der Waals surface area contributed by atoms with Gasteiger partial charge in [-0.1, -0.05) is 13.8 Å². The van der Waals surface area contributed by atoms with Gasteiger partial charge in [-0.25, -0.2) is 8.78 Å². The van der Waals surface area contributed by atoms with Gasteiger partial charge < -0.3 is 10.5 Å². The molecule has 2 N–H and O–H groups in total. The first-order valence-corrected chi connectivity index (χ1v) is 4.88. The highest BCUT2D eigenvalue weighted by Gasteiger charge is 2.08. The fourth-order valence-corrected chi connectivity index (χ4v) is 1.06. The van der Waals surface area contributed by atoms with Crippen molar-refractivity contribution in [2.24, 2.45) is 5.92 Å². The van der Waals surface area contributed by atoms with Gasteiger partial charge in [0.05, 0.1) is 12.3 Å². The molecule has 0 bridgehead atoms. The summed E-state index contributed by atoms with van der Waals surface area (Å²) in [6.45, 7) is 4.44. The van der Waals surface area contributed by atoms with Crippen LogP contribution in [0.15, 0.2) is 12.1 Å². The Morgan fingerprint density at radius 2 is 1.93 bits per heavy atom.